The maximum Gasteiger partial charge on any atom is 0.317 e. The molecule has 0 bridgehead atoms. The molecule has 14 nitrogen and oxygen atoms in total. The van der Waals surface area contributed by atoms with Gasteiger partial charge in [0.15, 0.2) is 0 Å². The summed E-state index contributed by atoms with van der Waals surface area (Å²) in [7, 11) is 4.62. The Morgan fingerprint density at radius 1 is 1.02 bits per heavy atom. The van der Waals surface area contributed by atoms with Gasteiger partial charge in [-0.3, -0.25) is 14.3 Å². The molecular formula is C31H35ClN8O6. The van der Waals surface area contributed by atoms with E-state index in [1.54, 1.807) is 36.2 Å². The van der Waals surface area contributed by atoms with Crippen molar-refractivity contribution in [3.8, 4) is 17.5 Å². The van der Waals surface area contributed by atoms with Crippen LogP contribution in [0.15, 0.2) is 54.7 Å². The second-order valence-electron chi connectivity index (χ2n) is 10.5. The molecule has 3 N–H and O–H groups in total. The Hall–Kier alpha value is -5.24. The quantitative estimate of drug-likeness (QED) is 0.250. The maximum atomic E-state index is 13.0. The number of hydrogen-bond acceptors (Lipinski definition) is 8. The molecule has 3 heterocycles. The van der Waals surface area contributed by atoms with E-state index >= 15 is 0 Å². The Kier molecular flexibility index (Phi) is 9.96. The van der Waals surface area contributed by atoms with Gasteiger partial charge in [-0.25, -0.2) is 9.59 Å². The minimum Gasteiger partial charge on any atom is -0.507 e. The van der Waals surface area contributed by atoms with Crippen LogP contribution in [0.3, 0.4) is 0 Å². The van der Waals surface area contributed by atoms with Crippen LogP contribution in [0.25, 0.3) is 11.0 Å². The fourth-order valence-electron chi connectivity index (χ4n) is 5.11. The van der Waals surface area contributed by atoms with Gasteiger partial charge in [-0.2, -0.15) is 4.98 Å². The minimum absolute atomic E-state index is 0.107. The average molecular weight is 651 g/mol. The smallest absolute Gasteiger partial charge is 0.317 e. The first kappa shape index (κ1) is 32.2. The molecule has 1 aliphatic heterocycles. The van der Waals surface area contributed by atoms with Crippen LogP contribution in [-0.2, 0) is 17.9 Å². The summed E-state index contributed by atoms with van der Waals surface area (Å²) in [5.74, 6) is -0.0870. The number of aromatic nitrogens is 3. The van der Waals surface area contributed by atoms with Crippen molar-refractivity contribution in [1.29, 1.82) is 0 Å². The van der Waals surface area contributed by atoms with Crippen LogP contribution in [0.1, 0.15) is 11.3 Å². The van der Waals surface area contributed by atoms with Gasteiger partial charge in [0.25, 0.3) is 6.01 Å². The Balaban J connectivity index is 1.25. The maximum absolute atomic E-state index is 13.0. The number of piperazine rings is 1. The summed E-state index contributed by atoms with van der Waals surface area (Å²) in [6.07, 6.45) is 1.72. The molecule has 1 fully saturated rings. The van der Waals surface area contributed by atoms with Crippen LogP contribution in [0, 0.1) is 0 Å². The molecule has 0 atom stereocenters. The third-order valence-corrected chi connectivity index (χ3v) is 8.12. The molecule has 4 aromatic rings. The van der Waals surface area contributed by atoms with Crippen LogP contribution in [0.4, 0.5) is 15.3 Å². The van der Waals surface area contributed by atoms with E-state index in [1.165, 1.54) is 24.1 Å². The number of likely N-dealkylation sites (N-methyl/N-ethyl adjacent to an activating group) is 1. The lowest BCUT2D eigenvalue weighted by Gasteiger charge is -2.34. The van der Waals surface area contributed by atoms with E-state index in [0.717, 1.165) is 11.2 Å². The number of halogens is 1. The van der Waals surface area contributed by atoms with E-state index in [-0.39, 0.29) is 35.5 Å². The standard InChI is InChI=1S/C31H35ClN8O6/c1-33-29(43)38-13-15-39(16-14-38)30(44)35-17-26(42)37(2)22-10-11-24(41)21(27(22)32)19-46-25-9-6-8-23-28(25)36-31(45-3)40(23)18-20-7-4-5-12-34-20/h4-12,41H,13-19H2,1-3H3,(H,33,43)(H,35,44). The molecule has 5 amide bonds. The number of urea groups is 2. The number of fused-ring (bicyclic) bond motifs is 1. The molecule has 15 heteroatoms. The van der Waals surface area contributed by atoms with Crippen LogP contribution >= 0.6 is 11.6 Å². The third-order valence-electron chi connectivity index (χ3n) is 7.70. The van der Waals surface area contributed by atoms with Gasteiger partial charge in [0.2, 0.25) is 5.91 Å². The number of aromatic hydroxyl groups is 1. The van der Waals surface area contributed by atoms with Crippen molar-refractivity contribution < 1.29 is 29.0 Å². The van der Waals surface area contributed by atoms with Crippen molar-refractivity contribution in [3.05, 3.63) is 71.0 Å². The number of carbonyl (C=O) groups is 3. The van der Waals surface area contributed by atoms with Crippen LogP contribution < -0.4 is 25.0 Å². The number of hydrogen-bond donors (Lipinski definition) is 3. The van der Waals surface area contributed by atoms with Gasteiger partial charge in [-0.1, -0.05) is 23.7 Å². The number of nitrogens with zero attached hydrogens (tertiary/aromatic N) is 6. The Morgan fingerprint density at radius 3 is 2.43 bits per heavy atom. The number of anilines is 1. The summed E-state index contributed by atoms with van der Waals surface area (Å²) in [5.41, 5.74) is 2.76. The molecule has 5 rings (SSSR count). The van der Waals surface area contributed by atoms with Gasteiger partial charge in [0.05, 0.1) is 47.7 Å². The van der Waals surface area contributed by atoms with Crippen molar-refractivity contribution in [1.82, 2.24) is 35.0 Å². The van der Waals surface area contributed by atoms with E-state index in [9.17, 15) is 19.5 Å². The SMILES string of the molecule is CNC(=O)N1CCN(C(=O)NCC(=O)N(C)c2ccc(O)c(COc3cccc4c3nc(OC)n4Cc3ccccn3)c2Cl)CC1. The highest BCUT2D eigenvalue weighted by Crippen LogP contribution is 2.36. The summed E-state index contributed by atoms with van der Waals surface area (Å²) < 4.78 is 13.5. The third kappa shape index (κ3) is 6.86. The zero-order valence-electron chi connectivity index (χ0n) is 25.7. The topological polar surface area (TPSA) is 154 Å². The highest BCUT2D eigenvalue weighted by Gasteiger charge is 2.25. The number of methoxy groups -OCH3 is 1. The second-order valence-corrected chi connectivity index (χ2v) is 10.8. The average Bonchev–Trinajstić information content (AvgIpc) is 3.44. The van der Waals surface area contributed by atoms with Gasteiger partial charge in [-0.05, 0) is 36.4 Å². The van der Waals surface area contributed by atoms with Gasteiger partial charge < -0.3 is 39.9 Å². The number of para-hydroxylation sites is 1. The fraction of sp³-hybridized carbons (Fsp3) is 0.323. The van der Waals surface area contributed by atoms with Crippen molar-refractivity contribution >= 4 is 46.3 Å². The molecule has 0 saturated carbocycles. The number of nitrogens with one attached hydrogen (secondary N) is 2. The molecule has 0 aliphatic carbocycles. The van der Waals surface area contributed by atoms with Gasteiger partial charge in [0, 0.05) is 46.5 Å². The number of carbonyl (C=O) groups excluding carboxylic acids is 3. The first-order valence-electron chi connectivity index (χ1n) is 14.5. The molecule has 242 valence electrons. The molecule has 1 saturated heterocycles. The number of phenolic OH excluding ortho intramolecular Hbond substituents is 1. The van der Waals surface area contributed by atoms with Crippen molar-refractivity contribution in [2.75, 3.05) is 58.8 Å². The van der Waals surface area contributed by atoms with Crippen molar-refractivity contribution in [3.63, 3.8) is 0 Å². The van der Waals surface area contributed by atoms with Gasteiger partial charge in [-0.15, -0.1) is 0 Å². The molecule has 0 unspecified atom stereocenters. The van der Waals surface area contributed by atoms with Crippen LogP contribution in [0.2, 0.25) is 5.02 Å². The number of rotatable bonds is 9. The van der Waals surface area contributed by atoms with E-state index in [0.29, 0.717) is 55.7 Å². The van der Waals surface area contributed by atoms with Crippen LogP contribution in [0.5, 0.6) is 17.5 Å². The van der Waals surface area contributed by atoms with E-state index < -0.39 is 11.9 Å². The predicted octanol–water partition coefficient (Wildman–Crippen LogP) is 3.06. The van der Waals surface area contributed by atoms with E-state index in [2.05, 4.69) is 20.6 Å². The lowest BCUT2D eigenvalue weighted by atomic mass is 10.1. The fourth-order valence-corrected chi connectivity index (χ4v) is 5.45. The summed E-state index contributed by atoms with van der Waals surface area (Å²) in [6, 6.07) is 13.9. The van der Waals surface area contributed by atoms with Gasteiger partial charge in [0.1, 0.15) is 23.6 Å². The largest absolute Gasteiger partial charge is 0.507 e. The number of amides is 5. The summed E-state index contributed by atoms with van der Waals surface area (Å²) in [6.45, 7) is 1.53. The second kappa shape index (κ2) is 14.2. The highest BCUT2D eigenvalue weighted by atomic mass is 35.5. The molecule has 46 heavy (non-hydrogen) atoms. The Labute approximate surface area is 270 Å². The summed E-state index contributed by atoms with van der Waals surface area (Å²) >= 11 is 6.70. The first-order chi connectivity index (χ1) is 22.2. The first-order valence-corrected chi connectivity index (χ1v) is 14.9. The highest BCUT2D eigenvalue weighted by molar-refractivity contribution is 6.34. The Bertz CT molecular complexity index is 1730. The zero-order chi connectivity index (χ0) is 32.8. The number of pyridine rings is 1. The molecule has 0 spiro atoms. The summed E-state index contributed by atoms with van der Waals surface area (Å²) in [5, 5.41) is 16.0. The number of imidazole rings is 1. The van der Waals surface area contributed by atoms with E-state index in [4.69, 9.17) is 21.1 Å². The number of phenols is 1. The predicted molar refractivity (Wildman–Crippen MR) is 171 cm³/mol. The molecular weight excluding hydrogens is 616 g/mol. The molecule has 2 aromatic carbocycles. The van der Waals surface area contributed by atoms with Crippen LogP contribution in [-0.4, -0.2) is 101 Å². The molecule has 0 radical (unpaired) electrons. The lowest BCUT2D eigenvalue weighted by Crippen LogP contribution is -2.55. The Morgan fingerprint density at radius 2 is 1.76 bits per heavy atom. The van der Waals surface area contributed by atoms with E-state index in [1.807, 2.05) is 34.9 Å². The minimum atomic E-state index is -0.424. The van der Waals surface area contributed by atoms with Crippen molar-refractivity contribution in [2.24, 2.45) is 0 Å². The molecule has 2 aromatic heterocycles. The van der Waals surface area contributed by atoms with Gasteiger partial charge >= 0.3 is 12.1 Å². The number of ether oxygens (including phenoxy) is 2. The summed E-state index contributed by atoms with van der Waals surface area (Å²) in [4.78, 5) is 51.0. The molecule has 1 aliphatic rings. The number of benzene rings is 2. The normalized spacial score (nSPS) is 13.0. The monoisotopic (exact) mass is 650 g/mol. The van der Waals surface area contributed by atoms with Crippen molar-refractivity contribution in [2.45, 2.75) is 13.2 Å². The zero-order valence-corrected chi connectivity index (χ0v) is 26.5. The lowest BCUT2D eigenvalue weighted by molar-refractivity contribution is -0.117.